The summed E-state index contributed by atoms with van der Waals surface area (Å²) in [6, 6.07) is 10.6. The second kappa shape index (κ2) is 7.77. The lowest BCUT2D eigenvalue weighted by Crippen LogP contribution is -2.12. The molecule has 0 saturated heterocycles. The summed E-state index contributed by atoms with van der Waals surface area (Å²) in [5.74, 6) is -1.82. The van der Waals surface area contributed by atoms with E-state index in [0.717, 1.165) is 12.1 Å². The van der Waals surface area contributed by atoms with Crippen LogP contribution < -0.4 is 0 Å². The molecule has 2 rings (SSSR count). The van der Waals surface area contributed by atoms with Gasteiger partial charge in [0.15, 0.2) is 12.4 Å². The minimum absolute atomic E-state index is 0.0598. The summed E-state index contributed by atoms with van der Waals surface area (Å²) in [6.45, 7) is -0.507. The first-order valence-corrected chi connectivity index (χ1v) is 6.84. The number of halogens is 1. The Labute approximate surface area is 136 Å². The van der Waals surface area contributed by atoms with E-state index in [0.29, 0.717) is 5.56 Å². The van der Waals surface area contributed by atoms with E-state index in [1.165, 1.54) is 48.5 Å². The predicted molar refractivity (Wildman–Crippen MR) is 83.8 cm³/mol. The van der Waals surface area contributed by atoms with E-state index < -0.39 is 29.1 Å². The van der Waals surface area contributed by atoms with Gasteiger partial charge in [-0.05, 0) is 35.9 Å². The van der Waals surface area contributed by atoms with Crippen LogP contribution >= 0.6 is 0 Å². The highest BCUT2D eigenvalue weighted by Gasteiger charge is 2.09. The minimum atomic E-state index is -0.752. The molecule has 122 valence electrons. The molecule has 0 aromatic heterocycles. The summed E-state index contributed by atoms with van der Waals surface area (Å²) in [5.41, 5.74) is 0.617. The molecule has 2 aromatic rings. The SMILES string of the molecule is O=C(/C=C/c1ccc([N+](=O)[O-])cc1)OCC(=O)c1cccc(F)c1. The number of benzene rings is 2. The van der Waals surface area contributed by atoms with Crippen LogP contribution in [0.2, 0.25) is 0 Å². The summed E-state index contributed by atoms with van der Waals surface area (Å²) >= 11 is 0. The Morgan fingerprint density at radius 3 is 2.50 bits per heavy atom. The van der Waals surface area contributed by atoms with Gasteiger partial charge in [-0.25, -0.2) is 9.18 Å². The molecule has 0 spiro atoms. The molecule has 0 unspecified atom stereocenters. The smallest absolute Gasteiger partial charge is 0.331 e. The molecule has 0 saturated carbocycles. The van der Waals surface area contributed by atoms with Gasteiger partial charge in [-0.2, -0.15) is 0 Å². The Morgan fingerprint density at radius 1 is 1.17 bits per heavy atom. The van der Waals surface area contributed by atoms with E-state index in [9.17, 15) is 24.1 Å². The number of ketones is 1. The summed E-state index contributed by atoms with van der Waals surface area (Å²) < 4.78 is 17.8. The van der Waals surface area contributed by atoms with Gasteiger partial charge in [0.1, 0.15) is 5.82 Å². The number of nitrogens with zero attached hydrogens (tertiary/aromatic N) is 1. The molecular formula is C17H12FNO5. The Bertz CT molecular complexity index is 799. The summed E-state index contributed by atoms with van der Waals surface area (Å²) in [6.07, 6.45) is 2.50. The van der Waals surface area contributed by atoms with E-state index in [1.54, 1.807) is 0 Å². The van der Waals surface area contributed by atoms with Crippen molar-refractivity contribution in [1.82, 2.24) is 0 Å². The first-order valence-electron chi connectivity index (χ1n) is 6.84. The molecule has 0 aliphatic carbocycles. The second-order valence-electron chi connectivity index (χ2n) is 4.72. The zero-order valence-electron chi connectivity index (χ0n) is 12.3. The van der Waals surface area contributed by atoms with Gasteiger partial charge in [0.25, 0.3) is 5.69 Å². The molecule has 6 nitrogen and oxygen atoms in total. The number of rotatable bonds is 6. The number of carbonyl (C=O) groups is 2. The number of Topliss-reactive ketones (excluding diaryl/α,β-unsaturated/α-hetero) is 1. The van der Waals surface area contributed by atoms with E-state index in [4.69, 9.17) is 4.74 Å². The standard InChI is InChI=1S/C17H12FNO5/c18-14-3-1-2-13(10-14)16(20)11-24-17(21)9-6-12-4-7-15(8-5-12)19(22)23/h1-10H,11H2/b9-6+. The van der Waals surface area contributed by atoms with Gasteiger partial charge in [0.05, 0.1) is 4.92 Å². The molecule has 0 bridgehead atoms. The van der Waals surface area contributed by atoms with Crippen LogP contribution in [0.25, 0.3) is 6.08 Å². The summed E-state index contributed by atoms with van der Waals surface area (Å²) in [5, 5.41) is 10.5. The third-order valence-electron chi connectivity index (χ3n) is 3.01. The molecule has 2 aromatic carbocycles. The maximum atomic E-state index is 13.0. The van der Waals surface area contributed by atoms with Crippen molar-refractivity contribution in [2.45, 2.75) is 0 Å². The van der Waals surface area contributed by atoms with E-state index in [2.05, 4.69) is 0 Å². The molecule has 0 aliphatic heterocycles. The van der Waals surface area contributed by atoms with Gasteiger partial charge in [0.2, 0.25) is 0 Å². The van der Waals surface area contributed by atoms with E-state index >= 15 is 0 Å². The number of ether oxygens (including phenoxy) is 1. The highest BCUT2D eigenvalue weighted by Crippen LogP contribution is 2.13. The van der Waals surface area contributed by atoms with E-state index in [-0.39, 0.29) is 11.3 Å². The molecule has 0 N–H and O–H groups in total. The number of carbonyl (C=O) groups excluding carboxylic acids is 2. The average Bonchev–Trinajstić information content (AvgIpc) is 2.58. The molecule has 0 fully saturated rings. The van der Waals surface area contributed by atoms with Crippen LogP contribution in [0.4, 0.5) is 10.1 Å². The van der Waals surface area contributed by atoms with Crippen LogP contribution in [0.1, 0.15) is 15.9 Å². The average molecular weight is 329 g/mol. The Kier molecular flexibility index (Phi) is 5.51. The fraction of sp³-hybridized carbons (Fsp3) is 0.0588. The van der Waals surface area contributed by atoms with Crippen LogP contribution in [0.15, 0.2) is 54.6 Å². The second-order valence-corrected chi connectivity index (χ2v) is 4.72. The van der Waals surface area contributed by atoms with Gasteiger partial charge in [0, 0.05) is 23.8 Å². The van der Waals surface area contributed by atoms with Gasteiger partial charge in [-0.3, -0.25) is 14.9 Å². The zero-order valence-corrected chi connectivity index (χ0v) is 12.3. The summed E-state index contributed by atoms with van der Waals surface area (Å²) in [7, 11) is 0. The number of esters is 1. The lowest BCUT2D eigenvalue weighted by molar-refractivity contribution is -0.384. The number of hydrogen-bond acceptors (Lipinski definition) is 5. The Balaban J connectivity index is 1.88. The molecular weight excluding hydrogens is 317 g/mol. The molecule has 0 heterocycles. The molecule has 0 amide bonds. The van der Waals surface area contributed by atoms with Crippen molar-refractivity contribution in [3.8, 4) is 0 Å². The van der Waals surface area contributed by atoms with Crippen molar-refractivity contribution in [2.75, 3.05) is 6.61 Å². The molecule has 0 atom stereocenters. The van der Waals surface area contributed by atoms with E-state index in [1.807, 2.05) is 0 Å². The largest absolute Gasteiger partial charge is 0.454 e. The van der Waals surface area contributed by atoms with Crippen LogP contribution in [-0.4, -0.2) is 23.3 Å². The number of nitro groups is 1. The third-order valence-corrected chi connectivity index (χ3v) is 3.01. The zero-order chi connectivity index (χ0) is 17.5. The number of non-ortho nitro benzene ring substituents is 1. The topological polar surface area (TPSA) is 86.5 Å². The predicted octanol–water partition coefficient (Wildman–Crippen LogP) is 3.17. The molecule has 0 radical (unpaired) electrons. The van der Waals surface area contributed by atoms with Gasteiger partial charge < -0.3 is 4.74 Å². The number of hydrogen-bond donors (Lipinski definition) is 0. The molecule has 7 heteroatoms. The first-order chi connectivity index (χ1) is 11.5. The van der Waals surface area contributed by atoms with Crippen LogP contribution in [0.5, 0.6) is 0 Å². The van der Waals surface area contributed by atoms with Crippen molar-refractivity contribution >= 4 is 23.5 Å². The van der Waals surface area contributed by atoms with Gasteiger partial charge >= 0.3 is 5.97 Å². The van der Waals surface area contributed by atoms with Crippen LogP contribution in [0.3, 0.4) is 0 Å². The van der Waals surface area contributed by atoms with Crippen LogP contribution in [-0.2, 0) is 9.53 Å². The molecule has 0 aliphatic rings. The minimum Gasteiger partial charge on any atom is -0.454 e. The summed E-state index contributed by atoms with van der Waals surface area (Å²) in [4.78, 5) is 33.3. The monoisotopic (exact) mass is 329 g/mol. The first kappa shape index (κ1) is 17.0. The van der Waals surface area contributed by atoms with Crippen molar-refractivity contribution in [2.24, 2.45) is 0 Å². The maximum Gasteiger partial charge on any atom is 0.331 e. The molecule has 24 heavy (non-hydrogen) atoms. The highest BCUT2D eigenvalue weighted by atomic mass is 19.1. The third kappa shape index (κ3) is 4.84. The van der Waals surface area contributed by atoms with Gasteiger partial charge in [-0.15, -0.1) is 0 Å². The highest BCUT2D eigenvalue weighted by molar-refractivity contribution is 5.98. The van der Waals surface area contributed by atoms with Gasteiger partial charge in [-0.1, -0.05) is 12.1 Å². The lowest BCUT2D eigenvalue weighted by atomic mass is 10.1. The van der Waals surface area contributed by atoms with Crippen LogP contribution in [0, 0.1) is 15.9 Å². The van der Waals surface area contributed by atoms with Crippen molar-refractivity contribution in [3.63, 3.8) is 0 Å². The lowest BCUT2D eigenvalue weighted by Gasteiger charge is -2.02. The van der Waals surface area contributed by atoms with Crippen molar-refractivity contribution < 1.29 is 23.6 Å². The fourth-order valence-electron chi connectivity index (χ4n) is 1.80. The van der Waals surface area contributed by atoms with Crippen molar-refractivity contribution in [3.05, 3.63) is 81.7 Å². The maximum absolute atomic E-state index is 13.0. The normalized spacial score (nSPS) is 10.5. The Hall–Kier alpha value is -3.35. The number of nitro benzene ring substituents is 1. The fourth-order valence-corrected chi connectivity index (χ4v) is 1.80. The Morgan fingerprint density at radius 2 is 1.88 bits per heavy atom. The van der Waals surface area contributed by atoms with Crippen molar-refractivity contribution in [1.29, 1.82) is 0 Å². The quantitative estimate of drug-likeness (QED) is 0.267.